The van der Waals surface area contributed by atoms with Gasteiger partial charge in [-0.15, -0.1) is 0 Å². The second-order valence-corrected chi connectivity index (χ2v) is 5.30. The first-order chi connectivity index (χ1) is 10.6. The highest BCUT2D eigenvalue weighted by molar-refractivity contribution is 6.33. The van der Waals surface area contributed by atoms with Crippen LogP contribution in [0.15, 0.2) is 47.4 Å². The Morgan fingerprint density at radius 1 is 1.27 bits per heavy atom. The summed E-state index contributed by atoms with van der Waals surface area (Å²) in [5.41, 5.74) is 1.98. The number of hydrogen-bond acceptors (Lipinski definition) is 4. The number of aliphatic hydroxyl groups is 1. The highest BCUT2D eigenvalue weighted by atomic mass is 35.5. The maximum atomic E-state index is 12.4. The smallest absolute Gasteiger partial charge is 0.265 e. The lowest BCUT2D eigenvalue weighted by Gasteiger charge is -2.14. The Morgan fingerprint density at radius 3 is 2.82 bits per heavy atom. The molecule has 5 nitrogen and oxygen atoms in total. The summed E-state index contributed by atoms with van der Waals surface area (Å²) in [6.07, 6.45) is 1.62. The number of rotatable bonds is 3. The van der Waals surface area contributed by atoms with Gasteiger partial charge in [0.2, 0.25) is 0 Å². The van der Waals surface area contributed by atoms with Crippen molar-refractivity contribution in [1.82, 2.24) is 9.38 Å². The van der Waals surface area contributed by atoms with Crippen LogP contribution in [0.3, 0.4) is 0 Å². The number of anilines is 2. The first-order valence-electron chi connectivity index (χ1n) is 6.75. The van der Waals surface area contributed by atoms with E-state index >= 15 is 0 Å². The Morgan fingerprint density at radius 2 is 2.09 bits per heavy atom. The summed E-state index contributed by atoms with van der Waals surface area (Å²) in [5.74, 6) is 0.315. The number of pyridine rings is 1. The predicted octanol–water partition coefficient (Wildman–Crippen LogP) is 2.89. The molecule has 0 aliphatic rings. The summed E-state index contributed by atoms with van der Waals surface area (Å²) in [6, 6.07) is 10.8. The van der Waals surface area contributed by atoms with Crippen molar-refractivity contribution in [1.29, 1.82) is 0 Å². The van der Waals surface area contributed by atoms with Crippen LogP contribution in [0.1, 0.15) is 11.1 Å². The number of hydrogen-bond donors (Lipinski definition) is 2. The van der Waals surface area contributed by atoms with Gasteiger partial charge in [0, 0.05) is 6.20 Å². The molecule has 6 heteroatoms. The van der Waals surface area contributed by atoms with Gasteiger partial charge in [-0.2, -0.15) is 0 Å². The molecule has 3 aromatic rings. The highest BCUT2D eigenvalue weighted by Gasteiger charge is 2.14. The van der Waals surface area contributed by atoms with Gasteiger partial charge in [-0.3, -0.25) is 9.20 Å². The summed E-state index contributed by atoms with van der Waals surface area (Å²) in [6.45, 7) is 1.50. The van der Waals surface area contributed by atoms with Gasteiger partial charge in [0.05, 0.1) is 22.9 Å². The molecular weight excluding hydrogens is 302 g/mol. The molecule has 0 aliphatic heterocycles. The van der Waals surface area contributed by atoms with Crippen molar-refractivity contribution in [3.05, 3.63) is 69.1 Å². The molecule has 0 saturated carbocycles. The number of aromatic nitrogens is 2. The van der Waals surface area contributed by atoms with E-state index in [2.05, 4.69) is 10.3 Å². The summed E-state index contributed by atoms with van der Waals surface area (Å²) >= 11 is 6.20. The van der Waals surface area contributed by atoms with Crippen molar-refractivity contribution in [2.24, 2.45) is 0 Å². The second-order valence-electron chi connectivity index (χ2n) is 4.89. The summed E-state index contributed by atoms with van der Waals surface area (Å²) in [5, 5.41) is 13.2. The summed E-state index contributed by atoms with van der Waals surface area (Å²) < 4.78 is 1.40. The maximum absolute atomic E-state index is 12.4. The number of aryl methyl sites for hydroxylation is 1. The lowest BCUT2D eigenvalue weighted by Crippen LogP contribution is -2.21. The van der Waals surface area contributed by atoms with Crippen molar-refractivity contribution >= 4 is 28.8 Å². The van der Waals surface area contributed by atoms with E-state index in [-0.39, 0.29) is 11.1 Å². The Hall–Kier alpha value is -2.37. The fraction of sp³-hybridized carbons (Fsp3) is 0.125. The van der Waals surface area contributed by atoms with Crippen LogP contribution >= 0.6 is 11.6 Å². The molecule has 1 aromatic carbocycles. The Kier molecular flexibility index (Phi) is 3.83. The third-order valence-corrected chi connectivity index (χ3v) is 3.77. The van der Waals surface area contributed by atoms with Crippen LogP contribution in [-0.2, 0) is 6.61 Å². The molecule has 0 amide bonds. The lowest BCUT2D eigenvalue weighted by molar-refractivity contribution is 0.280. The number of benzene rings is 1. The molecule has 0 atom stereocenters. The van der Waals surface area contributed by atoms with Crippen molar-refractivity contribution in [2.45, 2.75) is 13.5 Å². The summed E-state index contributed by atoms with van der Waals surface area (Å²) in [7, 11) is 0. The molecule has 112 valence electrons. The van der Waals surface area contributed by atoms with Gasteiger partial charge in [-0.05, 0) is 30.7 Å². The molecule has 0 fully saturated rings. The lowest BCUT2D eigenvalue weighted by atomic mass is 10.2. The Bertz CT molecular complexity index is 885. The molecular formula is C16H14ClN3O2. The molecule has 22 heavy (non-hydrogen) atoms. The maximum Gasteiger partial charge on any atom is 0.265 e. The van der Waals surface area contributed by atoms with Crippen LogP contribution in [0.4, 0.5) is 11.5 Å². The van der Waals surface area contributed by atoms with E-state index in [1.54, 1.807) is 30.5 Å². The van der Waals surface area contributed by atoms with E-state index in [1.807, 2.05) is 19.1 Å². The van der Waals surface area contributed by atoms with Crippen molar-refractivity contribution < 1.29 is 5.11 Å². The number of nitrogens with zero attached hydrogens (tertiary/aromatic N) is 2. The Labute approximate surface area is 131 Å². The van der Waals surface area contributed by atoms with Gasteiger partial charge in [-0.1, -0.05) is 29.8 Å². The molecule has 0 spiro atoms. The monoisotopic (exact) mass is 315 g/mol. The van der Waals surface area contributed by atoms with Gasteiger partial charge in [0.15, 0.2) is 0 Å². The van der Waals surface area contributed by atoms with Crippen LogP contribution in [0.25, 0.3) is 5.65 Å². The standard InChI is InChI=1S/C16H14ClN3O2/c1-10-5-4-6-12(17)14(10)19-15-11(9-21)16(22)20-8-3-2-7-13(20)18-15/h2-8,19,21H,9H2,1H3. The normalized spacial score (nSPS) is 10.9. The number of aliphatic hydroxyl groups excluding tert-OH is 1. The van der Waals surface area contributed by atoms with Crippen LogP contribution < -0.4 is 10.9 Å². The van der Waals surface area contributed by atoms with E-state index < -0.39 is 6.61 Å². The molecule has 0 bridgehead atoms. The first-order valence-corrected chi connectivity index (χ1v) is 7.13. The van der Waals surface area contributed by atoms with Gasteiger partial charge >= 0.3 is 0 Å². The Balaban J connectivity index is 2.20. The van der Waals surface area contributed by atoms with Crippen molar-refractivity contribution in [2.75, 3.05) is 5.32 Å². The molecule has 2 N–H and O–H groups in total. The number of halogens is 1. The van der Waals surface area contributed by atoms with Crippen LogP contribution in [0.2, 0.25) is 5.02 Å². The van der Waals surface area contributed by atoms with Gasteiger partial charge in [0.25, 0.3) is 5.56 Å². The second kappa shape index (κ2) is 5.79. The van der Waals surface area contributed by atoms with E-state index in [0.29, 0.717) is 22.2 Å². The van der Waals surface area contributed by atoms with E-state index in [1.165, 1.54) is 4.40 Å². The SMILES string of the molecule is Cc1cccc(Cl)c1Nc1nc2ccccn2c(=O)c1CO. The molecule has 0 radical (unpaired) electrons. The number of nitrogens with one attached hydrogen (secondary N) is 1. The van der Waals surface area contributed by atoms with Crippen LogP contribution in [-0.4, -0.2) is 14.5 Å². The average molecular weight is 316 g/mol. The van der Waals surface area contributed by atoms with Gasteiger partial charge < -0.3 is 10.4 Å². The topological polar surface area (TPSA) is 66.6 Å². The first kappa shape index (κ1) is 14.6. The van der Waals surface area contributed by atoms with E-state index in [4.69, 9.17) is 11.6 Å². The third kappa shape index (κ3) is 2.45. The van der Waals surface area contributed by atoms with Crippen molar-refractivity contribution in [3.8, 4) is 0 Å². The molecule has 3 rings (SSSR count). The molecule has 0 unspecified atom stereocenters. The molecule has 0 saturated heterocycles. The van der Waals surface area contributed by atoms with Crippen molar-refractivity contribution in [3.63, 3.8) is 0 Å². The van der Waals surface area contributed by atoms with E-state index in [9.17, 15) is 9.90 Å². The van der Waals surface area contributed by atoms with E-state index in [0.717, 1.165) is 5.56 Å². The minimum atomic E-state index is -0.407. The fourth-order valence-corrected chi connectivity index (χ4v) is 2.55. The summed E-state index contributed by atoms with van der Waals surface area (Å²) in [4.78, 5) is 16.8. The number of para-hydroxylation sites is 1. The highest BCUT2D eigenvalue weighted by Crippen LogP contribution is 2.28. The quantitative estimate of drug-likeness (QED) is 0.780. The van der Waals surface area contributed by atoms with Gasteiger partial charge in [-0.25, -0.2) is 4.98 Å². The predicted molar refractivity (Wildman–Crippen MR) is 86.9 cm³/mol. The third-order valence-electron chi connectivity index (χ3n) is 3.45. The van der Waals surface area contributed by atoms with Crippen LogP contribution in [0.5, 0.6) is 0 Å². The van der Waals surface area contributed by atoms with Crippen LogP contribution in [0, 0.1) is 6.92 Å². The largest absolute Gasteiger partial charge is 0.391 e. The zero-order chi connectivity index (χ0) is 15.7. The van der Waals surface area contributed by atoms with Gasteiger partial charge in [0.1, 0.15) is 11.5 Å². The fourth-order valence-electron chi connectivity index (χ4n) is 2.28. The molecule has 2 heterocycles. The zero-order valence-corrected chi connectivity index (χ0v) is 12.6. The molecule has 0 aliphatic carbocycles. The minimum absolute atomic E-state index is 0.197. The minimum Gasteiger partial charge on any atom is -0.391 e. The average Bonchev–Trinajstić information content (AvgIpc) is 2.51. The zero-order valence-electron chi connectivity index (χ0n) is 11.9. The molecule has 2 aromatic heterocycles. The number of fused-ring (bicyclic) bond motifs is 1.